The van der Waals surface area contributed by atoms with Gasteiger partial charge >= 0.3 is 0 Å². The molecule has 0 aliphatic heterocycles. The van der Waals surface area contributed by atoms with Crippen LogP contribution in [0.5, 0.6) is 0 Å². The van der Waals surface area contributed by atoms with Gasteiger partial charge in [-0.05, 0) is 68.7 Å². The van der Waals surface area contributed by atoms with Gasteiger partial charge in [0.25, 0.3) is 0 Å². The Balaban J connectivity index is 2.07. The monoisotopic (exact) mass is 569 g/mol. The highest BCUT2D eigenvalue weighted by Crippen LogP contribution is 2.22. The number of anilines is 1. The molecule has 3 rings (SSSR count). The number of nitrogens with one attached hydrogen (secondary N) is 1. The topological polar surface area (TPSA) is 86.8 Å². The zero-order valence-corrected chi connectivity index (χ0v) is 24.6. The second-order valence-corrected chi connectivity index (χ2v) is 13.0. The van der Waals surface area contributed by atoms with Crippen LogP contribution in [0.4, 0.5) is 5.69 Å². The average Bonchev–Trinajstić information content (AvgIpc) is 2.84. The molecule has 3 aromatic rings. The standard InChI is InChI=1S/C30H36ClN3O4S/c1-22-10-9-13-26(18-22)34(39(5,37)38)21-28(35)33(20-24-14-16-25(31)17-15-24)27(29(36)32-30(2,3)4)19-23-11-7-6-8-12-23/h6-18,27H,19-21H2,1-5H3,(H,32,36)/t27-/m1/s1. The molecule has 0 aliphatic rings. The number of aryl methyl sites for hydroxylation is 1. The molecule has 0 aromatic heterocycles. The van der Waals surface area contributed by atoms with Crippen molar-refractivity contribution >= 4 is 39.1 Å². The molecule has 0 aliphatic carbocycles. The SMILES string of the molecule is Cc1cccc(N(CC(=O)N(Cc2ccc(Cl)cc2)[C@H](Cc2ccccc2)C(=O)NC(C)(C)C)S(C)(=O)=O)c1. The summed E-state index contributed by atoms with van der Waals surface area (Å²) >= 11 is 6.09. The Bertz CT molecular complexity index is 1390. The van der Waals surface area contributed by atoms with Crippen LogP contribution in [0.15, 0.2) is 78.9 Å². The first-order valence-electron chi connectivity index (χ1n) is 12.7. The first kappa shape index (κ1) is 30.2. The highest BCUT2D eigenvalue weighted by molar-refractivity contribution is 7.92. The minimum atomic E-state index is -3.81. The van der Waals surface area contributed by atoms with Crippen LogP contribution in [-0.4, -0.2) is 49.5 Å². The van der Waals surface area contributed by atoms with Gasteiger partial charge in [0.2, 0.25) is 21.8 Å². The van der Waals surface area contributed by atoms with E-state index in [0.717, 1.165) is 27.3 Å². The second kappa shape index (κ2) is 12.7. The zero-order chi connectivity index (χ0) is 28.8. The molecule has 39 heavy (non-hydrogen) atoms. The van der Waals surface area contributed by atoms with E-state index in [1.807, 2.05) is 64.1 Å². The van der Waals surface area contributed by atoms with Gasteiger partial charge in [-0.25, -0.2) is 8.42 Å². The summed E-state index contributed by atoms with van der Waals surface area (Å²) in [6, 6.07) is 22.5. The number of rotatable bonds is 10. The normalized spacial score (nSPS) is 12.5. The molecule has 3 aromatic carbocycles. The van der Waals surface area contributed by atoms with Crippen molar-refractivity contribution in [2.45, 2.75) is 52.2 Å². The van der Waals surface area contributed by atoms with Crippen molar-refractivity contribution in [2.24, 2.45) is 0 Å². The number of halogens is 1. The third-order valence-electron chi connectivity index (χ3n) is 6.00. The van der Waals surface area contributed by atoms with Crippen LogP contribution in [-0.2, 0) is 32.6 Å². The summed E-state index contributed by atoms with van der Waals surface area (Å²) in [5, 5.41) is 3.55. The third kappa shape index (κ3) is 9.11. The van der Waals surface area contributed by atoms with Crippen LogP contribution in [0.2, 0.25) is 5.02 Å². The quantitative estimate of drug-likeness (QED) is 0.373. The van der Waals surface area contributed by atoms with Crippen molar-refractivity contribution in [3.63, 3.8) is 0 Å². The van der Waals surface area contributed by atoms with E-state index in [2.05, 4.69) is 5.32 Å². The number of carbonyl (C=O) groups is 2. The summed E-state index contributed by atoms with van der Waals surface area (Å²) < 4.78 is 26.8. The molecular weight excluding hydrogens is 534 g/mol. The molecule has 0 heterocycles. The lowest BCUT2D eigenvalue weighted by atomic mass is 10.0. The number of benzene rings is 3. The fraction of sp³-hybridized carbons (Fsp3) is 0.333. The van der Waals surface area contributed by atoms with Crippen LogP contribution in [0.1, 0.15) is 37.5 Å². The number of hydrogen-bond donors (Lipinski definition) is 1. The van der Waals surface area contributed by atoms with E-state index in [9.17, 15) is 18.0 Å². The van der Waals surface area contributed by atoms with Gasteiger partial charge in [-0.1, -0.05) is 66.2 Å². The summed E-state index contributed by atoms with van der Waals surface area (Å²) in [7, 11) is -3.81. The molecule has 0 bridgehead atoms. The number of sulfonamides is 1. The Morgan fingerprint density at radius 1 is 0.923 bits per heavy atom. The van der Waals surface area contributed by atoms with E-state index < -0.39 is 34.1 Å². The highest BCUT2D eigenvalue weighted by atomic mass is 35.5. The first-order valence-corrected chi connectivity index (χ1v) is 14.9. The molecule has 0 saturated heterocycles. The smallest absolute Gasteiger partial charge is 0.244 e. The number of carbonyl (C=O) groups excluding carboxylic acids is 2. The van der Waals surface area contributed by atoms with Crippen LogP contribution in [0.3, 0.4) is 0 Å². The van der Waals surface area contributed by atoms with E-state index in [1.165, 1.54) is 4.90 Å². The van der Waals surface area contributed by atoms with Crippen LogP contribution in [0, 0.1) is 6.92 Å². The van der Waals surface area contributed by atoms with E-state index in [4.69, 9.17) is 11.6 Å². The highest BCUT2D eigenvalue weighted by Gasteiger charge is 2.34. The summed E-state index contributed by atoms with van der Waals surface area (Å²) in [6.07, 6.45) is 1.32. The van der Waals surface area contributed by atoms with Gasteiger partial charge in [-0.15, -0.1) is 0 Å². The minimum Gasteiger partial charge on any atom is -0.350 e. The number of amides is 2. The summed E-state index contributed by atoms with van der Waals surface area (Å²) in [5.41, 5.74) is 2.34. The third-order valence-corrected chi connectivity index (χ3v) is 7.40. The maximum atomic E-state index is 14.0. The van der Waals surface area contributed by atoms with Crippen molar-refractivity contribution in [3.8, 4) is 0 Å². The Morgan fingerprint density at radius 3 is 2.13 bits per heavy atom. The molecule has 2 amide bonds. The molecule has 0 spiro atoms. The molecule has 1 atom stereocenters. The Hall–Kier alpha value is -3.36. The zero-order valence-electron chi connectivity index (χ0n) is 23.0. The summed E-state index contributed by atoms with van der Waals surface area (Å²) in [4.78, 5) is 29.2. The Morgan fingerprint density at radius 2 is 1.56 bits per heavy atom. The maximum absolute atomic E-state index is 14.0. The van der Waals surface area contributed by atoms with E-state index in [0.29, 0.717) is 10.7 Å². The fourth-order valence-electron chi connectivity index (χ4n) is 4.19. The van der Waals surface area contributed by atoms with Crippen molar-refractivity contribution in [2.75, 3.05) is 17.1 Å². The summed E-state index contributed by atoms with van der Waals surface area (Å²) in [5.74, 6) is -0.822. The molecule has 0 saturated carbocycles. The molecule has 7 nitrogen and oxygen atoms in total. The van der Waals surface area contributed by atoms with Gasteiger partial charge in [0, 0.05) is 23.5 Å². The van der Waals surface area contributed by atoms with Gasteiger partial charge in [-0.3, -0.25) is 13.9 Å². The minimum absolute atomic E-state index is 0.0937. The summed E-state index contributed by atoms with van der Waals surface area (Å²) in [6.45, 7) is 7.11. The lowest BCUT2D eigenvalue weighted by Gasteiger charge is -2.35. The number of hydrogen-bond acceptors (Lipinski definition) is 4. The molecule has 0 unspecified atom stereocenters. The van der Waals surface area contributed by atoms with Gasteiger partial charge < -0.3 is 10.2 Å². The Kier molecular flexibility index (Phi) is 9.80. The van der Waals surface area contributed by atoms with E-state index in [-0.39, 0.29) is 18.9 Å². The van der Waals surface area contributed by atoms with Gasteiger partial charge in [0.1, 0.15) is 12.6 Å². The fourth-order valence-corrected chi connectivity index (χ4v) is 5.16. The molecule has 9 heteroatoms. The molecular formula is C30H36ClN3O4S. The second-order valence-electron chi connectivity index (χ2n) is 10.7. The molecule has 0 fully saturated rings. The maximum Gasteiger partial charge on any atom is 0.244 e. The van der Waals surface area contributed by atoms with Gasteiger partial charge in [-0.2, -0.15) is 0 Å². The van der Waals surface area contributed by atoms with Crippen molar-refractivity contribution in [1.29, 1.82) is 0 Å². The van der Waals surface area contributed by atoms with Crippen LogP contribution >= 0.6 is 11.6 Å². The largest absolute Gasteiger partial charge is 0.350 e. The van der Waals surface area contributed by atoms with Gasteiger partial charge in [0.05, 0.1) is 11.9 Å². The van der Waals surface area contributed by atoms with Crippen molar-refractivity contribution < 1.29 is 18.0 Å². The predicted octanol–water partition coefficient (Wildman–Crippen LogP) is 4.97. The van der Waals surface area contributed by atoms with E-state index in [1.54, 1.807) is 42.5 Å². The number of nitrogens with zero attached hydrogens (tertiary/aromatic N) is 2. The molecule has 1 N–H and O–H groups in total. The molecule has 208 valence electrons. The van der Waals surface area contributed by atoms with Crippen LogP contribution in [0.25, 0.3) is 0 Å². The lowest BCUT2D eigenvalue weighted by molar-refractivity contribution is -0.140. The van der Waals surface area contributed by atoms with Crippen molar-refractivity contribution in [3.05, 3.63) is 101 Å². The average molecular weight is 570 g/mol. The molecule has 0 radical (unpaired) electrons. The lowest BCUT2D eigenvalue weighted by Crippen LogP contribution is -2.56. The first-order chi connectivity index (χ1) is 18.2. The van der Waals surface area contributed by atoms with Crippen LogP contribution < -0.4 is 9.62 Å². The Labute approximate surface area is 236 Å². The van der Waals surface area contributed by atoms with Crippen molar-refractivity contribution in [1.82, 2.24) is 10.2 Å². The van der Waals surface area contributed by atoms with Gasteiger partial charge in [0.15, 0.2) is 0 Å². The predicted molar refractivity (Wildman–Crippen MR) is 157 cm³/mol. The van der Waals surface area contributed by atoms with E-state index >= 15 is 0 Å².